The van der Waals surface area contributed by atoms with Crippen molar-refractivity contribution in [1.29, 1.82) is 0 Å². The smallest absolute Gasteiger partial charge is 0.255 e. The Kier molecular flexibility index (Phi) is 6.11. The zero-order chi connectivity index (χ0) is 23.3. The Morgan fingerprint density at radius 3 is 2.65 bits per heavy atom. The van der Waals surface area contributed by atoms with Gasteiger partial charge in [0.25, 0.3) is 5.91 Å². The van der Waals surface area contributed by atoms with E-state index in [0.29, 0.717) is 17.2 Å². The third kappa shape index (κ3) is 4.85. The minimum absolute atomic E-state index is 0.174. The molecule has 1 aliphatic heterocycles. The average Bonchev–Trinajstić information content (AvgIpc) is 3.42. The van der Waals surface area contributed by atoms with Crippen molar-refractivity contribution in [2.45, 2.75) is 19.8 Å². The fraction of sp³-hybridized carbons (Fsp3) is 0.192. The predicted octanol–water partition coefficient (Wildman–Crippen LogP) is 4.84. The van der Waals surface area contributed by atoms with E-state index in [1.165, 1.54) is 0 Å². The Morgan fingerprint density at radius 2 is 1.82 bits per heavy atom. The number of hydrogen-bond donors (Lipinski definition) is 2. The van der Waals surface area contributed by atoms with Gasteiger partial charge in [0.05, 0.1) is 5.69 Å². The molecule has 170 valence electrons. The number of amides is 1. The lowest BCUT2D eigenvalue weighted by molar-refractivity contribution is 0.102. The minimum Gasteiger partial charge on any atom is -0.357 e. The number of carbonyl (C=O) groups excluding carboxylic acids is 1. The molecule has 1 amide bonds. The van der Waals surface area contributed by atoms with Crippen molar-refractivity contribution < 1.29 is 4.79 Å². The van der Waals surface area contributed by atoms with Crippen LogP contribution < -0.4 is 15.5 Å². The van der Waals surface area contributed by atoms with Crippen molar-refractivity contribution in [3.05, 3.63) is 84.4 Å². The van der Waals surface area contributed by atoms with Gasteiger partial charge < -0.3 is 15.5 Å². The van der Waals surface area contributed by atoms with Crippen molar-refractivity contribution in [1.82, 2.24) is 19.9 Å². The number of hydrogen-bond acceptors (Lipinski definition) is 7. The molecular weight excluding hydrogens is 426 g/mol. The summed E-state index contributed by atoms with van der Waals surface area (Å²) in [7, 11) is 0. The first-order chi connectivity index (χ1) is 16.7. The maximum Gasteiger partial charge on any atom is 0.255 e. The van der Waals surface area contributed by atoms with Crippen LogP contribution in [0.3, 0.4) is 0 Å². The van der Waals surface area contributed by atoms with Crippen LogP contribution in [0.25, 0.3) is 11.3 Å². The molecule has 1 aliphatic rings. The van der Waals surface area contributed by atoms with Crippen LogP contribution >= 0.6 is 0 Å². The maximum atomic E-state index is 12.9. The number of rotatable bonds is 6. The van der Waals surface area contributed by atoms with Crippen LogP contribution in [-0.4, -0.2) is 38.9 Å². The molecule has 0 radical (unpaired) electrons. The van der Waals surface area contributed by atoms with E-state index in [-0.39, 0.29) is 5.91 Å². The van der Waals surface area contributed by atoms with E-state index < -0.39 is 0 Å². The van der Waals surface area contributed by atoms with Gasteiger partial charge in [0.2, 0.25) is 5.95 Å². The van der Waals surface area contributed by atoms with Gasteiger partial charge in [-0.1, -0.05) is 6.07 Å². The molecule has 0 saturated carbocycles. The number of benzene rings is 1. The van der Waals surface area contributed by atoms with E-state index in [4.69, 9.17) is 0 Å². The molecule has 4 heterocycles. The van der Waals surface area contributed by atoms with Gasteiger partial charge >= 0.3 is 0 Å². The summed E-state index contributed by atoms with van der Waals surface area (Å²) in [6.07, 6.45) is 9.21. The zero-order valence-electron chi connectivity index (χ0n) is 18.9. The lowest BCUT2D eigenvalue weighted by atomic mass is 10.1. The average molecular weight is 452 g/mol. The SMILES string of the molecule is Cc1ccc(NC(=O)c2ccnc(N3CCCC3)c2)cc1Nc1nccc(-c2cccnc2)n1. The molecular formula is C26H25N7O. The quantitative estimate of drug-likeness (QED) is 0.433. The number of nitrogens with zero attached hydrogens (tertiary/aromatic N) is 5. The van der Waals surface area contributed by atoms with Gasteiger partial charge in [-0.15, -0.1) is 0 Å². The fourth-order valence-corrected chi connectivity index (χ4v) is 3.93. The highest BCUT2D eigenvalue weighted by Gasteiger charge is 2.16. The highest BCUT2D eigenvalue weighted by Crippen LogP contribution is 2.25. The molecule has 34 heavy (non-hydrogen) atoms. The molecule has 0 atom stereocenters. The molecule has 0 unspecified atom stereocenters. The van der Waals surface area contributed by atoms with E-state index >= 15 is 0 Å². The largest absolute Gasteiger partial charge is 0.357 e. The molecule has 3 aromatic heterocycles. The van der Waals surface area contributed by atoms with Crippen LogP contribution in [0.2, 0.25) is 0 Å². The molecule has 0 bridgehead atoms. The van der Waals surface area contributed by atoms with Crippen LogP contribution in [0.4, 0.5) is 23.1 Å². The second-order valence-corrected chi connectivity index (χ2v) is 8.21. The number of aryl methyl sites for hydroxylation is 1. The summed E-state index contributed by atoms with van der Waals surface area (Å²) in [4.78, 5) is 32.7. The fourth-order valence-electron chi connectivity index (χ4n) is 3.93. The summed E-state index contributed by atoms with van der Waals surface area (Å²) in [5, 5.41) is 6.26. The molecule has 1 fully saturated rings. The minimum atomic E-state index is -0.174. The lowest BCUT2D eigenvalue weighted by Gasteiger charge is -2.17. The molecule has 8 nitrogen and oxygen atoms in total. The van der Waals surface area contributed by atoms with Crippen LogP contribution in [0.1, 0.15) is 28.8 Å². The third-order valence-electron chi connectivity index (χ3n) is 5.79. The first-order valence-electron chi connectivity index (χ1n) is 11.3. The van der Waals surface area contributed by atoms with E-state index in [2.05, 4.69) is 35.5 Å². The number of nitrogens with one attached hydrogen (secondary N) is 2. The monoisotopic (exact) mass is 451 g/mol. The van der Waals surface area contributed by atoms with Crippen molar-refractivity contribution >= 4 is 29.0 Å². The summed E-state index contributed by atoms with van der Waals surface area (Å²) < 4.78 is 0. The zero-order valence-corrected chi connectivity index (χ0v) is 18.9. The summed E-state index contributed by atoms with van der Waals surface area (Å²) in [6, 6.07) is 15.0. The van der Waals surface area contributed by atoms with Gasteiger partial charge in [-0.3, -0.25) is 9.78 Å². The van der Waals surface area contributed by atoms with Gasteiger partial charge in [-0.05, 0) is 67.8 Å². The van der Waals surface area contributed by atoms with Crippen molar-refractivity contribution in [2.24, 2.45) is 0 Å². The molecule has 0 aliphatic carbocycles. The van der Waals surface area contributed by atoms with Gasteiger partial charge in [0.15, 0.2) is 0 Å². The third-order valence-corrected chi connectivity index (χ3v) is 5.79. The highest BCUT2D eigenvalue weighted by atomic mass is 16.1. The first kappa shape index (κ1) is 21.5. The Labute approximate surface area is 198 Å². The normalized spacial score (nSPS) is 13.0. The topological polar surface area (TPSA) is 95.9 Å². The standard InChI is InChI=1S/C26H25N7O/c1-18-6-7-21(30-25(34)19-8-11-28-24(15-19)33-13-2-3-14-33)16-23(18)32-26-29-12-9-22(31-26)20-5-4-10-27-17-20/h4-12,15-17H,2-3,13-14H2,1H3,(H,30,34)(H,29,31,32). The number of carbonyl (C=O) groups is 1. The Hall–Kier alpha value is -4.33. The Bertz CT molecular complexity index is 1300. The molecule has 1 saturated heterocycles. The Balaban J connectivity index is 1.33. The lowest BCUT2D eigenvalue weighted by Crippen LogP contribution is -2.20. The molecule has 1 aromatic carbocycles. The molecule has 8 heteroatoms. The first-order valence-corrected chi connectivity index (χ1v) is 11.3. The van der Waals surface area contributed by atoms with Crippen molar-refractivity contribution in [2.75, 3.05) is 28.6 Å². The van der Waals surface area contributed by atoms with E-state index in [9.17, 15) is 4.79 Å². The van der Waals surface area contributed by atoms with Crippen LogP contribution in [0.15, 0.2) is 73.3 Å². The van der Waals surface area contributed by atoms with Gasteiger partial charge in [-0.25, -0.2) is 15.0 Å². The summed E-state index contributed by atoms with van der Waals surface area (Å²) in [5.74, 6) is 1.15. The van der Waals surface area contributed by atoms with E-state index in [0.717, 1.165) is 54.3 Å². The molecule has 5 rings (SSSR count). The second-order valence-electron chi connectivity index (χ2n) is 8.21. The number of anilines is 4. The highest BCUT2D eigenvalue weighted by molar-refractivity contribution is 6.05. The van der Waals surface area contributed by atoms with Crippen LogP contribution in [0, 0.1) is 6.92 Å². The van der Waals surface area contributed by atoms with Crippen molar-refractivity contribution in [3.8, 4) is 11.3 Å². The van der Waals surface area contributed by atoms with Crippen LogP contribution in [-0.2, 0) is 0 Å². The number of pyridine rings is 2. The van der Waals surface area contributed by atoms with E-state index in [1.54, 1.807) is 30.9 Å². The van der Waals surface area contributed by atoms with Gasteiger partial charge in [-0.2, -0.15) is 0 Å². The van der Waals surface area contributed by atoms with Crippen LogP contribution in [0.5, 0.6) is 0 Å². The summed E-state index contributed by atoms with van der Waals surface area (Å²) in [6.45, 7) is 3.95. The molecule has 0 spiro atoms. The van der Waals surface area contributed by atoms with Gasteiger partial charge in [0, 0.05) is 60.4 Å². The molecule has 4 aromatic rings. The van der Waals surface area contributed by atoms with Gasteiger partial charge in [0.1, 0.15) is 5.82 Å². The number of aromatic nitrogens is 4. The van der Waals surface area contributed by atoms with E-state index in [1.807, 2.05) is 49.4 Å². The summed E-state index contributed by atoms with van der Waals surface area (Å²) in [5.41, 5.74) is 4.78. The predicted molar refractivity (Wildman–Crippen MR) is 133 cm³/mol. The molecule has 2 N–H and O–H groups in total. The van der Waals surface area contributed by atoms with Crippen molar-refractivity contribution in [3.63, 3.8) is 0 Å². The summed E-state index contributed by atoms with van der Waals surface area (Å²) >= 11 is 0. The second kappa shape index (κ2) is 9.66. The Morgan fingerprint density at radius 1 is 0.971 bits per heavy atom. The maximum absolute atomic E-state index is 12.9.